The summed E-state index contributed by atoms with van der Waals surface area (Å²) in [6.45, 7) is 8.61. The summed E-state index contributed by atoms with van der Waals surface area (Å²) in [6.07, 6.45) is 1.85. The first-order valence-electron chi connectivity index (χ1n) is 11.3. The monoisotopic (exact) mass is 452 g/mol. The molecule has 2 aromatic heterocycles. The molecular formula is C28H28N4S. The molecule has 1 fully saturated rings. The summed E-state index contributed by atoms with van der Waals surface area (Å²) >= 11 is 5.89. The van der Waals surface area contributed by atoms with Gasteiger partial charge in [-0.2, -0.15) is 0 Å². The lowest BCUT2D eigenvalue weighted by Gasteiger charge is -2.28. The number of hydrogen-bond acceptors (Lipinski definition) is 2. The topological polar surface area (TPSA) is 33.1 Å². The maximum Gasteiger partial charge on any atom is 0.174 e. The molecule has 1 aliphatic heterocycles. The minimum absolute atomic E-state index is 0.0143. The molecule has 0 amide bonds. The average molecular weight is 453 g/mol. The van der Waals surface area contributed by atoms with Crippen LogP contribution in [0.25, 0.3) is 5.69 Å². The van der Waals surface area contributed by atoms with Crippen LogP contribution in [0.2, 0.25) is 0 Å². The van der Waals surface area contributed by atoms with Crippen molar-refractivity contribution in [2.45, 2.75) is 39.8 Å². The van der Waals surface area contributed by atoms with E-state index in [1.807, 2.05) is 18.3 Å². The Morgan fingerprint density at radius 3 is 2.30 bits per heavy atom. The molecule has 33 heavy (non-hydrogen) atoms. The molecule has 0 aliphatic carbocycles. The molecule has 0 unspecified atom stereocenters. The van der Waals surface area contributed by atoms with E-state index in [1.165, 1.54) is 33.8 Å². The van der Waals surface area contributed by atoms with Crippen LogP contribution < -0.4 is 10.2 Å². The van der Waals surface area contributed by atoms with Gasteiger partial charge in [0.15, 0.2) is 5.11 Å². The van der Waals surface area contributed by atoms with Crippen LogP contribution in [0.5, 0.6) is 0 Å². The summed E-state index contributed by atoms with van der Waals surface area (Å²) < 4.78 is 2.33. The van der Waals surface area contributed by atoms with Crippen molar-refractivity contribution in [3.8, 4) is 5.69 Å². The lowest BCUT2D eigenvalue weighted by atomic mass is 9.96. The smallest absolute Gasteiger partial charge is 0.174 e. The predicted molar refractivity (Wildman–Crippen MR) is 139 cm³/mol. The molecular weight excluding hydrogens is 424 g/mol. The van der Waals surface area contributed by atoms with Gasteiger partial charge in [-0.25, -0.2) is 0 Å². The van der Waals surface area contributed by atoms with E-state index in [2.05, 4.69) is 108 Å². The summed E-state index contributed by atoms with van der Waals surface area (Å²) in [4.78, 5) is 6.94. The number of nitrogens with one attached hydrogen (secondary N) is 1. The third kappa shape index (κ3) is 3.83. The van der Waals surface area contributed by atoms with Crippen LogP contribution in [0.1, 0.15) is 45.9 Å². The van der Waals surface area contributed by atoms with Crippen LogP contribution in [-0.4, -0.2) is 14.7 Å². The zero-order valence-electron chi connectivity index (χ0n) is 19.4. The van der Waals surface area contributed by atoms with Crippen molar-refractivity contribution in [1.29, 1.82) is 0 Å². The van der Waals surface area contributed by atoms with E-state index in [1.54, 1.807) is 0 Å². The van der Waals surface area contributed by atoms with Crippen LogP contribution in [-0.2, 0) is 0 Å². The summed E-state index contributed by atoms with van der Waals surface area (Å²) in [5.74, 6) is 0. The zero-order chi connectivity index (χ0) is 23.1. The predicted octanol–water partition coefficient (Wildman–Crippen LogP) is 6.28. The van der Waals surface area contributed by atoms with Crippen molar-refractivity contribution in [2.24, 2.45) is 0 Å². The number of aryl methyl sites for hydroxylation is 3. The molecule has 3 heterocycles. The molecule has 0 saturated carbocycles. The Kier molecular flexibility index (Phi) is 5.51. The number of aromatic nitrogens is 2. The third-order valence-corrected chi connectivity index (χ3v) is 6.77. The number of benzene rings is 2. The maximum atomic E-state index is 5.89. The van der Waals surface area contributed by atoms with E-state index >= 15 is 0 Å². The molecule has 1 N–H and O–H groups in total. The molecule has 1 aliphatic rings. The van der Waals surface area contributed by atoms with Crippen molar-refractivity contribution >= 4 is 23.0 Å². The van der Waals surface area contributed by atoms with Crippen molar-refractivity contribution in [2.75, 3.05) is 4.90 Å². The highest BCUT2D eigenvalue weighted by Crippen LogP contribution is 2.43. The second-order valence-corrected chi connectivity index (χ2v) is 9.22. The Morgan fingerprint density at radius 2 is 1.61 bits per heavy atom. The van der Waals surface area contributed by atoms with Gasteiger partial charge in [-0.1, -0.05) is 35.9 Å². The third-order valence-electron chi connectivity index (χ3n) is 6.46. The standard InChI is InChI=1S/C28H28N4S/c1-18-11-13-22(14-12-18)31-20(3)17-24(21(31)4)27-26(25-10-5-6-15-29-25)30-28(33)32(27)23-9-7-8-19(2)16-23/h5-17,26-27H,1-4H3,(H,30,33)/t26-,27-/m0/s1. The van der Waals surface area contributed by atoms with Gasteiger partial charge >= 0.3 is 0 Å². The van der Waals surface area contributed by atoms with Gasteiger partial charge < -0.3 is 14.8 Å². The maximum absolute atomic E-state index is 5.89. The second kappa shape index (κ2) is 8.49. The van der Waals surface area contributed by atoms with E-state index in [0.29, 0.717) is 0 Å². The van der Waals surface area contributed by atoms with Crippen LogP contribution >= 0.6 is 12.2 Å². The van der Waals surface area contributed by atoms with Gasteiger partial charge in [-0.05, 0) is 93.5 Å². The first-order valence-corrected chi connectivity index (χ1v) is 11.7. The van der Waals surface area contributed by atoms with Gasteiger partial charge in [0.25, 0.3) is 0 Å². The van der Waals surface area contributed by atoms with Crippen molar-refractivity contribution in [3.05, 3.63) is 113 Å². The molecule has 166 valence electrons. The van der Waals surface area contributed by atoms with Crippen LogP contribution in [0, 0.1) is 27.7 Å². The Labute approximate surface area is 200 Å². The molecule has 4 nitrogen and oxygen atoms in total. The van der Waals surface area contributed by atoms with Gasteiger partial charge in [0.2, 0.25) is 0 Å². The summed E-state index contributed by atoms with van der Waals surface area (Å²) in [7, 11) is 0. The first kappa shape index (κ1) is 21.4. The minimum Gasteiger partial charge on any atom is -0.351 e. The molecule has 2 atom stereocenters. The highest BCUT2D eigenvalue weighted by atomic mass is 32.1. The van der Waals surface area contributed by atoms with Crippen molar-refractivity contribution in [1.82, 2.24) is 14.9 Å². The summed E-state index contributed by atoms with van der Waals surface area (Å²) in [6, 6.07) is 25.5. The van der Waals surface area contributed by atoms with E-state index in [-0.39, 0.29) is 12.1 Å². The Hall–Kier alpha value is -3.44. The molecule has 4 aromatic rings. The van der Waals surface area contributed by atoms with Gasteiger partial charge in [-0.15, -0.1) is 0 Å². The van der Waals surface area contributed by atoms with E-state index in [9.17, 15) is 0 Å². The fourth-order valence-corrected chi connectivity index (χ4v) is 5.25. The van der Waals surface area contributed by atoms with Gasteiger partial charge in [0.05, 0.1) is 17.8 Å². The van der Waals surface area contributed by atoms with Gasteiger partial charge in [-0.3, -0.25) is 4.98 Å². The van der Waals surface area contributed by atoms with E-state index in [0.717, 1.165) is 16.5 Å². The molecule has 5 heteroatoms. The number of hydrogen-bond donors (Lipinski definition) is 1. The molecule has 0 radical (unpaired) electrons. The average Bonchev–Trinajstić information content (AvgIpc) is 3.30. The largest absolute Gasteiger partial charge is 0.351 e. The highest BCUT2D eigenvalue weighted by molar-refractivity contribution is 7.80. The number of pyridine rings is 1. The van der Waals surface area contributed by atoms with Crippen molar-refractivity contribution in [3.63, 3.8) is 0 Å². The minimum atomic E-state index is -0.0498. The molecule has 0 spiro atoms. The van der Waals surface area contributed by atoms with Crippen LogP contribution in [0.15, 0.2) is 79.0 Å². The van der Waals surface area contributed by atoms with Gasteiger partial charge in [0.1, 0.15) is 0 Å². The first-order chi connectivity index (χ1) is 15.9. The quantitative estimate of drug-likeness (QED) is 0.369. The normalized spacial score (nSPS) is 17.9. The molecule has 0 bridgehead atoms. The Balaban J connectivity index is 1.68. The summed E-state index contributed by atoms with van der Waals surface area (Å²) in [5.41, 5.74) is 9.38. The van der Waals surface area contributed by atoms with Crippen molar-refractivity contribution < 1.29 is 0 Å². The lowest BCUT2D eigenvalue weighted by molar-refractivity contribution is 0.565. The fourth-order valence-electron chi connectivity index (χ4n) is 4.91. The number of rotatable bonds is 4. The molecule has 2 aromatic carbocycles. The number of nitrogens with zero attached hydrogens (tertiary/aromatic N) is 3. The zero-order valence-corrected chi connectivity index (χ0v) is 20.2. The number of thiocarbonyl (C=S) groups is 1. The Bertz CT molecular complexity index is 1310. The van der Waals surface area contributed by atoms with Gasteiger partial charge in [0, 0.05) is 29.0 Å². The highest BCUT2D eigenvalue weighted by Gasteiger charge is 2.42. The van der Waals surface area contributed by atoms with E-state index in [4.69, 9.17) is 12.2 Å². The molecule has 5 rings (SSSR count). The fraction of sp³-hybridized carbons (Fsp3) is 0.214. The molecule has 1 saturated heterocycles. The van der Waals surface area contributed by atoms with E-state index < -0.39 is 0 Å². The summed E-state index contributed by atoms with van der Waals surface area (Å²) in [5, 5.41) is 4.30. The Morgan fingerprint density at radius 1 is 0.818 bits per heavy atom. The van der Waals surface area contributed by atoms with Crippen LogP contribution in [0.3, 0.4) is 0 Å². The van der Waals surface area contributed by atoms with Crippen LogP contribution in [0.4, 0.5) is 5.69 Å². The second-order valence-electron chi connectivity index (χ2n) is 8.83. The number of anilines is 1. The lowest BCUT2D eigenvalue weighted by Crippen LogP contribution is -2.29. The SMILES string of the molecule is Cc1ccc(-n2c(C)cc([C@H]3[C@H](c4ccccn4)NC(=S)N3c3cccc(C)c3)c2C)cc1.